The number of benzene rings is 2. The maximum atomic E-state index is 13.0. The highest BCUT2D eigenvalue weighted by atomic mass is 16.5. The SMILES string of the molecule is COCCN1CCCCCC(O)c2cc(C(=O)NCc3ccc(N4CCC(C)CC4)cc3)ccc21. The molecule has 0 bridgehead atoms. The topological polar surface area (TPSA) is 65.0 Å². The Hall–Kier alpha value is -2.57. The summed E-state index contributed by atoms with van der Waals surface area (Å²) in [5.74, 6) is 0.703. The van der Waals surface area contributed by atoms with Crippen molar-refractivity contribution in [1.29, 1.82) is 0 Å². The second-order valence-corrected chi connectivity index (χ2v) is 10.1. The van der Waals surface area contributed by atoms with Crippen LogP contribution in [0.25, 0.3) is 0 Å². The number of aliphatic hydroxyl groups is 1. The van der Waals surface area contributed by atoms with E-state index in [1.54, 1.807) is 7.11 Å². The van der Waals surface area contributed by atoms with Gasteiger partial charge < -0.3 is 25.0 Å². The number of carbonyl (C=O) groups excluding carboxylic acids is 1. The van der Waals surface area contributed by atoms with Gasteiger partial charge in [0.2, 0.25) is 0 Å². The van der Waals surface area contributed by atoms with Gasteiger partial charge in [-0.05, 0) is 67.5 Å². The lowest BCUT2D eigenvalue weighted by molar-refractivity contribution is 0.0950. The molecule has 1 amide bonds. The zero-order chi connectivity index (χ0) is 24.6. The molecule has 0 aromatic heterocycles. The van der Waals surface area contributed by atoms with Gasteiger partial charge in [-0.1, -0.05) is 31.9 Å². The third-order valence-corrected chi connectivity index (χ3v) is 7.50. The monoisotopic (exact) mass is 479 g/mol. The van der Waals surface area contributed by atoms with E-state index >= 15 is 0 Å². The van der Waals surface area contributed by atoms with Crippen LogP contribution in [0.3, 0.4) is 0 Å². The fourth-order valence-corrected chi connectivity index (χ4v) is 5.15. The Labute approximate surface area is 210 Å². The molecule has 1 saturated heterocycles. The molecule has 2 aromatic carbocycles. The standard InChI is InChI=1S/C29H41N3O3/c1-22-13-16-31(17-14-22)25-10-7-23(8-11-25)21-30-29(34)24-9-12-27-26(20-24)28(33)6-4-3-5-15-32(27)18-19-35-2/h7-12,20,22,28,33H,3-6,13-19,21H2,1-2H3,(H,30,34). The van der Waals surface area contributed by atoms with Crippen molar-refractivity contribution in [2.75, 3.05) is 49.7 Å². The van der Waals surface area contributed by atoms with Gasteiger partial charge in [0.1, 0.15) is 0 Å². The molecule has 1 atom stereocenters. The summed E-state index contributed by atoms with van der Waals surface area (Å²) >= 11 is 0. The zero-order valence-corrected chi connectivity index (χ0v) is 21.3. The van der Waals surface area contributed by atoms with Crippen LogP contribution in [0.5, 0.6) is 0 Å². The molecule has 0 saturated carbocycles. The van der Waals surface area contributed by atoms with Gasteiger partial charge in [-0.2, -0.15) is 0 Å². The normalized spacial score (nSPS) is 19.5. The van der Waals surface area contributed by atoms with Crippen molar-refractivity contribution in [3.05, 3.63) is 59.2 Å². The average Bonchev–Trinajstić information content (AvgIpc) is 2.96. The first-order valence-electron chi connectivity index (χ1n) is 13.2. The minimum Gasteiger partial charge on any atom is -0.388 e. The van der Waals surface area contributed by atoms with E-state index in [1.165, 1.54) is 18.5 Å². The van der Waals surface area contributed by atoms with Gasteiger partial charge >= 0.3 is 0 Å². The van der Waals surface area contributed by atoms with Crippen molar-refractivity contribution in [1.82, 2.24) is 5.32 Å². The maximum Gasteiger partial charge on any atom is 0.251 e. The second-order valence-electron chi connectivity index (χ2n) is 10.1. The molecule has 2 heterocycles. The third kappa shape index (κ3) is 6.77. The van der Waals surface area contributed by atoms with Crippen LogP contribution in [-0.4, -0.2) is 50.9 Å². The van der Waals surface area contributed by atoms with Gasteiger partial charge in [0.25, 0.3) is 5.91 Å². The average molecular weight is 480 g/mol. The smallest absolute Gasteiger partial charge is 0.251 e. The first kappa shape index (κ1) is 25.5. The predicted octanol–water partition coefficient (Wildman–Crippen LogP) is 4.91. The van der Waals surface area contributed by atoms with Crippen LogP contribution < -0.4 is 15.1 Å². The number of carbonyl (C=O) groups is 1. The lowest BCUT2D eigenvalue weighted by Crippen LogP contribution is -2.32. The fraction of sp³-hybridized carbons (Fsp3) is 0.552. The van der Waals surface area contributed by atoms with E-state index in [0.717, 1.165) is 74.6 Å². The number of amides is 1. The molecule has 2 aromatic rings. The van der Waals surface area contributed by atoms with Gasteiger partial charge in [-0.15, -0.1) is 0 Å². The molecular formula is C29H41N3O3. The Kier molecular flexibility index (Phi) is 9.05. The van der Waals surface area contributed by atoms with Gasteiger partial charge in [0.05, 0.1) is 12.7 Å². The number of ether oxygens (including phenoxy) is 1. The van der Waals surface area contributed by atoms with E-state index < -0.39 is 6.10 Å². The van der Waals surface area contributed by atoms with Gasteiger partial charge in [0.15, 0.2) is 0 Å². The van der Waals surface area contributed by atoms with Crippen molar-refractivity contribution < 1.29 is 14.6 Å². The quantitative estimate of drug-likeness (QED) is 0.591. The maximum absolute atomic E-state index is 13.0. The summed E-state index contributed by atoms with van der Waals surface area (Å²) in [6, 6.07) is 14.3. The van der Waals surface area contributed by atoms with Crippen LogP contribution >= 0.6 is 0 Å². The lowest BCUT2D eigenvalue weighted by Gasteiger charge is -2.32. The lowest BCUT2D eigenvalue weighted by atomic mass is 9.98. The Morgan fingerprint density at radius 1 is 1.03 bits per heavy atom. The number of methoxy groups -OCH3 is 1. The summed E-state index contributed by atoms with van der Waals surface area (Å²) in [4.78, 5) is 17.7. The number of nitrogens with one attached hydrogen (secondary N) is 1. The predicted molar refractivity (Wildman–Crippen MR) is 142 cm³/mol. The summed E-state index contributed by atoms with van der Waals surface area (Å²) < 4.78 is 5.30. The molecule has 2 N–H and O–H groups in total. The third-order valence-electron chi connectivity index (χ3n) is 7.50. The molecule has 0 aliphatic carbocycles. The van der Waals surface area contributed by atoms with Crippen LogP contribution in [0.1, 0.15) is 73.0 Å². The highest BCUT2D eigenvalue weighted by molar-refractivity contribution is 5.95. The van der Waals surface area contributed by atoms with Crippen molar-refractivity contribution in [3.8, 4) is 0 Å². The Balaban J connectivity index is 1.41. The molecule has 2 aliphatic heterocycles. The van der Waals surface area contributed by atoms with E-state index in [9.17, 15) is 9.90 Å². The zero-order valence-electron chi connectivity index (χ0n) is 21.3. The number of hydrogen-bond acceptors (Lipinski definition) is 5. The number of nitrogens with zero attached hydrogens (tertiary/aromatic N) is 2. The molecule has 2 aliphatic rings. The minimum absolute atomic E-state index is 0.114. The summed E-state index contributed by atoms with van der Waals surface area (Å²) in [7, 11) is 1.71. The van der Waals surface area contributed by atoms with Crippen molar-refractivity contribution >= 4 is 17.3 Å². The molecule has 0 spiro atoms. The molecule has 190 valence electrons. The Morgan fingerprint density at radius 3 is 2.54 bits per heavy atom. The number of piperidine rings is 1. The summed E-state index contributed by atoms with van der Waals surface area (Å²) in [5.41, 5.74) is 4.79. The van der Waals surface area contributed by atoms with Crippen molar-refractivity contribution in [3.63, 3.8) is 0 Å². The molecule has 4 rings (SSSR count). The van der Waals surface area contributed by atoms with Gasteiger partial charge in [-0.3, -0.25) is 4.79 Å². The van der Waals surface area contributed by atoms with Crippen LogP contribution in [0, 0.1) is 5.92 Å². The van der Waals surface area contributed by atoms with Crippen molar-refractivity contribution in [2.24, 2.45) is 5.92 Å². The number of hydrogen-bond donors (Lipinski definition) is 2. The fourth-order valence-electron chi connectivity index (χ4n) is 5.15. The Morgan fingerprint density at radius 2 is 1.80 bits per heavy atom. The highest BCUT2D eigenvalue weighted by Crippen LogP contribution is 2.32. The van der Waals surface area contributed by atoms with Crippen molar-refractivity contribution in [2.45, 2.75) is 58.1 Å². The molecule has 1 fully saturated rings. The van der Waals surface area contributed by atoms with Gasteiger partial charge in [0, 0.05) is 62.3 Å². The molecular weight excluding hydrogens is 438 g/mol. The van der Waals surface area contributed by atoms with Crippen LogP contribution in [0.2, 0.25) is 0 Å². The molecule has 0 radical (unpaired) electrons. The Bertz CT molecular complexity index is 954. The number of fused-ring (bicyclic) bond motifs is 1. The van der Waals surface area contributed by atoms with Crippen LogP contribution in [0.15, 0.2) is 42.5 Å². The number of rotatable bonds is 7. The molecule has 1 unspecified atom stereocenters. The number of anilines is 2. The van der Waals surface area contributed by atoms with E-state index in [-0.39, 0.29) is 5.91 Å². The highest BCUT2D eigenvalue weighted by Gasteiger charge is 2.21. The van der Waals surface area contributed by atoms with E-state index in [0.29, 0.717) is 18.7 Å². The molecule has 35 heavy (non-hydrogen) atoms. The summed E-state index contributed by atoms with van der Waals surface area (Å²) in [6.45, 7) is 7.38. The van der Waals surface area contributed by atoms with Crippen LogP contribution in [0.4, 0.5) is 11.4 Å². The molecule has 6 nitrogen and oxygen atoms in total. The van der Waals surface area contributed by atoms with E-state index in [2.05, 4.69) is 46.3 Å². The largest absolute Gasteiger partial charge is 0.388 e. The minimum atomic E-state index is -0.564. The van der Waals surface area contributed by atoms with E-state index in [4.69, 9.17) is 4.74 Å². The van der Waals surface area contributed by atoms with E-state index in [1.807, 2.05) is 18.2 Å². The summed E-state index contributed by atoms with van der Waals surface area (Å²) in [5, 5.41) is 14.0. The summed E-state index contributed by atoms with van der Waals surface area (Å²) in [6.07, 6.45) is 5.83. The second kappa shape index (κ2) is 12.4. The molecule has 6 heteroatoms. The first-order valence-corrected chi connectivity index (χ1v) is 13.2. The number of aliphatic hydroxyl groups excluding tert-OH is 1. The first-order chi connectivity index (χ1) is 17.0. The van der Waals surface area contributed by atoms with Gasteiger partial charge in [-0.25, -0.2) is 0 Å². The van der Waals surface area contributed by atoms with Crippen LogP contribution in [-0.2, 0) is 11.3 Å².